The second-order valence-corrected chi connectivity index (χ2v) is 8.15. The van der Waals surface area contributed by atoms with Gasteiger partial charge in [0.1, 0.15) is 6.04 Å². The molecule has 1 aromatic heterocycles. The van der Waals surface area contributed by atoms with E-state index in [9.17, 15) is 19.2 Å². The van der Waals surface area contributed by atoms with Crippen LogP contribution in [0.4, 0.5) is 0 Å². The van der Waals surface area contributed by atoms with Gasteiger partial charge in [0.15, 0.2) is 0 Å². The van der Waals surface area contributed by atoms with Gasteiger partial charge in [-0.05, 0) is 30.7 Å². The minimum absolute atomic E-state index is 0.124. The number of nitrogens with one attached hydrogen (secondary N) is 3. The van der Waals surface area contributed by atoms with E-state index in [2.05, 4.69) is 15.3 Å². The highest BCUT2D eigenvalue weighted by Crippen LogP contribution is 2.19. The van der Waals surface area contributed by atoms with Gasteiger partial charge >= 0.3 is 5.69 Å². The molecule has 0 fully saturated rings. The molecule has 0 saturated carbocycles. The van der Waals surface area contributed by atoms with Crippen molar-refractivity contribution in [3.05, 3.63) is 68.0 Å². The van der Waals surface area contributed by atoms with E-state index < -0.39 is 17.3 Å². The van der Waals surface area contributed by atoms with Gasteiger partial charge in [0.05, 0.1) is 18.7 Å². The molecular weight excluding hydrogens is 384 g/mol. The van der Waals surface area contributed by atoms with Crippen molar-refractivity contribution in [2.75, 3.05) is 0 Å². The number of aromatic amines is 2. The van der Waals surface area contributed by atoms with E-state index in [0.717, 1.165) is 6.42 Å². The summed E-state index contributed by atoms with van der Waals surface area (Å²) in [5.41, 5.74) is 0.956. The maximum absolute atomic E-state index is 13.1. The third-order valence-electron chi connectivity index (χ3n) is 5.19. The van der Waals surface area contributed by atoms with Gasteiger partial charge in [0.2, 0.25) is 11.8 Å². The van der Waals surface area contributed by atoms with Crippen LogP contribution in [0, 0.1) is 5.92 Å². The monoisotopic (exact) mass is 412 g/mol. The fraction of sp³-hybridized carbons (Fsp3) is 0.455. The van der Waals surface area contributed by atoms with Gasteiger partial charge in [0, 0.05) is 12.1 Å². The number of carbonyl (C=O) groups is 2. The van der Waals surface area contributed by atoms with Crippen molar-refractivity contribution in [1.82, 2.24) is 20.2 Å². The number of hydrogen-bond acceptors (Lipinski definition) is 4. The zero-order valence-electron chi connectivity index (χ0n) is 17.4. The van der Waals surface area contributed by atoms with Crippen molar-refractivity contribution in [3.63, 3.8) is 0 Å². The lowest BCUT2D eigenvalue weighted by Crippen LogP contribution is -2.47. The maximum atomic E-state index is 13.1. The number of hydrogen-bond donors (Lipinski definition) is 3. The molecule has 0 bridgehead atoms. The highest BCUT2D eigenvalue weighted by atomic mass is 16.2. The molecule has 160 valence electrons. The van der Waals surface area contributed by atoms with Crippen molar-refractivity contribution < 1.29 is 9.59 Å². The molecule has 0 radical (unpaired) electrons. The number of rotatable bonds is 8. The topological polar surface area (TPSA) is 115 Å². The van der Waals surface area contributed by atoms with E-state index in [-0.39, 0.29) is 30.8 Å². The lowest BCUT2D eigenvalue weighted by molar-refractivity contribution is -0.137. The Kier molecular flexibility index (Phi) is 6.87. The van der Waals surface area contributed by atoms with Crippen molar-refractivity contribution in [2.45, 2.75) is 58.7 Å². The van der Waals surface area contributed by atoms with E-state index in [1.165, 1.54) is 10.5 Å². The molecular formula is C22H28N4O4. The Morgan fingerprint density at radius 1 is 1.10 bits per heavy atom. The zero-order valence-corrected chi connectivity index (χ0v) is 17.4. The van der Waals surface area contributed by atoms with E-state index in [1.54, 1.807) is 0 Å². The van der Waals surface area contributed by atoms with Gasteiger partial charge < -0.3 is 15.2 Å². The van der Waals surface area contributed by atoms with Gasteiger partial charge in [-0.1, -0.05) is 44.2 Å². The summed E-state index contributed by atoms with van der Waals surface area (Å²) in [6.45, 7) is 4.26. The molecule has 1 atom stereocenters. The molecule has 1 aliphatic heterocycles. The summed E-state index contributed by atoms with van der Waals surface area (Å²) < 4.78 is 0. The molecule has 8 heteroatoms. The van der Waals surface area contributed by atoms with Gasteiger partial charge in [-0.15, -0.1) is 0 Å². The minimum Gasteiger partial charge on any atom is -0.344 e. The molecule has 3 rings (SSSR count). The molecule has 0 saturated heterocycles. The van der Waals surface area contributed by atoms with Crippen LogP contribution in [0.15, 0.2) is 39.9 Å². The number of benzene rings is 1. The van der Waals surface area contributed by atoms with Crippen LogP contribution in [0.2, 0.25) is 0 Å². The Bertz CT molecular complexity index is 1010. The number of aryl methyl sites for hydroxylation is 1. The summed E-state index contributed by atoms with van der Waals surface area (Å²) in [7, 11) is 0. The smallest absolute Gasteiger partial charge is 0.325 e. The van der Waals surface area contributed by atoms with Crippen molar-refractivity contribution in [3.8, 4) is 0 Å². The summed E-state index contributed by atoms with van der Waals surface area (Å²) >= 11 is 0. The first-order chi connectivity index (χ1) is 14.3. The Balaban J connectivity index is 1.60. The first-order valence-electron chi connectivity index (χ1n) is 10.3. The quantitative estimate of drug-likeness (QED) is 0.609. The molecule has 0 aliphatic carbocycles. The third-order valence-corrected chi connectivity index (χ3v) is 5.19. The lowest BCUT2D eigenvalue weighted by atomic mass is 10.0. The molecule has 2 aromatic rings. The molecule has 0 unspecified atom stereocenters. The van der Waals surface area contributed by atoms with Crippen LogP contribution in [0.5, 0.6) is 0 Å². The highest BCUT2D eigenvalue weighted by molar-refractivity contribution is 5.88. The second-order valence-electron chi connectivity index (χ2n) is 8.15. The Morgan fingerprint density at radius 3 is 2.53 bits per heavy atom. The van der Waals surface area contributed by atoms with Crippen LogP contribution >= 0.6 is 0 Å². The van der Waals surface area contributed by atoms with Crippen LogP contribution in [0.25, 0.3) is 0 Å². The molecule has 30 heavy (non-hydrogen) atoms. The van der Waals surface area contributed by atoms with Crippen LogP contribution in [0.3, 0.4) is 0 Å². The van der Waals surface area contributed by atoms with Crippen molar-refractivity contribution >= 4 is 11.8 Å². The predicted molar refractivity (Wildman–Crippen MR) is 113 cm³/mol. The third kappa shape index (κ3) is 5.46. The van der Waals surface area contributed by atoms with E-state index >= 15 is 0 Å². The van der Waals surface area contributed by atoms with Crippen molar-refractivity contribution in [1.29, 1.82) is 0 Å². The molecule has 8 nitrogen and oxygen atoms in total. The van der Waals surface area contributed by atoms with Gasteiger partial charge in [-0.2, -0.15) is 0 Å². The number of nitrogens with zero attached hydrogens (tertiary/aromatic N) is 1. The van der Waals surface area contributed by atoms with Gasteiger partial charge in [-0.25, -0.2) is 4.79 Å². The van der Waals surface area contributed by atoms with Crippen molar-refractivity contribution in [2.24, 2.45) is 5.92 Å². The largest absolute Gasteiger partial charge is 0.344 e. The van der Waals surface area contributed by atoms with Gasteiger partial charge in [-0.3, -0.25) is 19.4 Å². The summed E-state index contributed by atoms with van der Waals surface area (Å²) in [5, 5.41) is 2.88. The average Bonchev–Trinajstić information content (AvgIpc) is 3.12. The number of aromatic nitrogens is 2. The van der Waals surface area contributed by atoms with Crippen LogP contribution in [-0.2, 0) is 29.1 Å². The molecule has 2 amide bonds. The molecule has 0 spiro atoms. The average molecular weight is 412 g/mol. The van der Waals surface area contributed by atoms with E-state index in [0.29, 0.717) is 30.5 Å². The summed E-state index contributed by atoms with van der Waals surface area (Å²) in [6, 6.07) is 9.30. The SMILES string of the molecule is CC(C)C[C@H](NC(=O)CCCc1ccccc1)C(=O)N1Cc2[nH]c(=O)[nH]c(=O)c2C1. The van der Waals surface area contributed by atoms with Crippen LogP contribution in [0.1, 0.15) is 49.9 Å². The molecule has 1 aromatic carbocycles. The number of H-pyrrole nitrogens is 2. The Labute approximate surface area is 174 Å². The predicted octanol–water partition coefficient (Wildman–Crippen LogP) is 1.46. The molecule has 1 aliphatic rings. The summed E-state index contributed by atoms with van der Waals surface area (Å²) in [4.78, 5) is 55.3. The molecule has 2 heterocycles. The summed E-state index contributed by atoms with van der Waals surface area (Å²) in [5.74, 6) is -0.193. The first kappa shape index (κ1) is 21.5. The summed E-state index contributed by atoms with van der Waals surface area (Å²) in [6.07, 6.45) is 2.34. The number of amides is 2. The van der Waals surface area contributed by atoms with E-state index in [1.807, 2.05) is 44.2 Å². The van der Waals surface area contributed by atoms with Crippen LogP contribution in [-0.4, -0.2) is 32.7 Å². The second kappa shape index (κ2) is 9.56. The normalized spacial score (nSPS) is 13.9. The Hall–Kier alpha value is -3.16. The number of fused-ring (bicyclic) bond motifs is 1. The molecule has 3 N–H and O–H groups in total. The maximum Gasteiger partial charge on any atom is 0.325 e. The first-order valence-corrected chi connectivity index (χ1v) is 10.3. The Morgan fingerprint density at radius 2 is 1.83 bits per heavy atom. The van der Waals surface area contributed by atoms with E-state index in [4.69, 9.17) is 0 Å². The number of carbonyl (C=O) groups excluding carboxylic acids is 2. The van der Waals surface area contributed by atoms with Gasteiger partial charge in [0.25, 0.3) is 5.56 Å². The van der Waals surface area contributed by atoms with Crippen LogP contribution < -0.4 is 16.6 Å². The minimum atomic E-state index is -0.658. The lowest BCUT2D eigenvalue weighted by Gasteiger charge is -2.25. The fourth-order valence-corrected chi connectivity index (χ4v) is 3.73. The zero-order chi connectivity index (χ0) is 21.7. The fourth-order valence-electron chi connectivity index (χ4n) is 3.73. The standard InChI is InChI=1S/C22H28N4O4/c1-14(2)11-17(23-19(27)10-6-9-15-7-4-3-5-8-15)21(29)26-12-16-18(13-26)24-22(30)25-20(16)28/h3-5,7-8,14,17H,6,9-13H2,1-2H3,(H,23,27)(H2,24,25,28,30)/t17-/m0/s1. The highest BCUT2D eigenvalue weighted by Gasteiger charge is 2.32.